The molecule has 3 rings (SSSR count). The summed E-state index contributed by atoms with van der Waals surface area (Å²) in [4.78, 5) is 46.7. The third kappa shape index (κ3) is 7.63. The lowest BCUT2D eigenvalue weighted by atomic mass is 9.99. The number of ether oxygens (including phenoxy) is 1. The maximum atomic E-state index is 14.9. The van der Waals surface area contributed by atoms with Crippen molar-refractivity contribution in [1.29, 1.82) is 0 Å². The Morgan fingerprint density at radius 3 is 2.50 bits per heavy atom. The van der Waals surface area contributed by atoms with Crippen LogP contribution in [0.3, 0.4) is 0 Å². The van der Waals surface area contributed by atoms with Crippen molar-refractivity contribution in [1.82, 2.24) is 20.2 Å². The van der Waals surface area contributed by atoms with Gasteiger partial charge >= 0.3 is 6.16 Å². The SMILES string of the molecule is CC/C=C(\N)C(=O)NOC(O)(O)Oc1cccc(F)c1CN1CCCCC1C(=O)N1CCN(C(C)=O)CC1. The van der Waals surface area contributed by atoms with E-state index in [9.17, 15) is 29.0 Å². The number of piperazine rings is 1. The fourth-order valence-corrected chi connectivity index (χ4v) is 4.55. The molecule has 0 radical (unpaired) electrons. The minimum absolute atomic E-state index is 0.0126. The fourth-order valence-electron chi connectivity index (χ4n) is 4.55. The second-order valence-corrected chi connectivity index (χ2v) is 9.28. The molecule has 210 valence electrons. The number of hydrogen-bond donors (Lipinski definition) is 4. The second kappa shape index (κ2) is 13.0. The van der Waals surface area contributed by atoms with Gasteiger partial charge in [-0.15, -0.1) is 0 Å². The minimum atomic E-state index is -3.34. The lowest BCUT2D eigenvalue weighted by molar-refractivity contribution is -0.452. The number of nitrogens with two attached hydrogens (primary N) is 1. The van der Waals surface area contributed by atoms with Crippen LogP contribution in [-0.4, -0.2) is 87.6 Å². The summed E-state index contributed by atoms with van der Waals surface area (Å²) in [7, 11) is 0. The number of halogens is 1. The Kier molecular flexibility index (Phi) is 10.0. The van der Waals surface area contributed by atoms with Crippen LogP contribution in [0.5, 0.6) is 5.75 Å². The number of carbonyl (C=O) groups excluding carboxylic acids is 3. The number of piperidine rings is 1. The maximum absolute atomic E-state index is 14.9. The third-order valence-corrected chi connectivity index (χ3v) is 6.58. The van der Waals surface area contributed by atoms with Crippen molar-refractivity contribution in [2.75, 3.05) is 32.7 Å². The van der Waals surface area contributed by atoms with E-state index in [0.29, 0.717) is 45.6 Å². The Morgan fingerprint density at radius 1 is 1.16 bits per heavy atom. The van der Waals surface area contributed by atoms with Crippen molar-refractivity contribution in [2.24, 2.45) is 5.73 Å². The molecule has 0 aromatic heterocycles. The molecule has 2 heterocycles. The molecule has 2 aliphatic heterocycles. The van der Waals surface area contributed by atoms with Crippen LogP contribution in [0.4, 0.5) is 4.39 Å². The van der Waals surface area contributed by atoms with E-state index in [-0.39, 0.29) is 35.4 Å². The summed E-state index contributed by atoms with van der Waals surface area (Å²) in [5, 5.41) is 20.3. The molecular weight excluding hydrogens is 501 g/mol. The number of hydrogen-bond acceptors (Lipinski definition) is 9. The molecule has 0 bridgehead atoms. The highest BCUT2D eigenvalue weighted by Crippen LogP contribution is 2.29. The lowest BCUT2D eigenvalue weighted by Crippen LogP contribution is -2.56. The number of carbonyl (C=O) groups is 3. The monoisotopic (exact) mass is 537 g/mol. The molecule has 1 aromatic rings. The number of allylic oxidation sites excluding steroid dienone is 1. The number of aliphatic hydroxyl groups is 2. The number of hydroxylamine groups is 1. The van der Waals surface area contributed by atoms with Crippen molar-refractivity contribution in [3.8, 4) is 5.75 Å². The molecule has 3 amide bonds. The summed E-state index contributed by atoms with van der Waals surface area (Å²) < 4.78 is 20.1. The van der Waals surface area contributed by atoms with E-state index in [1.807, 2.05) is 4.90 Å². The number of amides is 3. The predicted octanol–water partition coefficient (Wildman–Crippen LogP) is 0.146. The highest BCUT2D eigenvalue weighted by atomic mass is 19.1. The van der Waals surface area contributed by atoms with E-state index in [4.69, 9.17) is 10.5 Å². The Labute approximate surface area is 220 Å². The van der Waals surface area contributed by atoms with Crippen LogP contribution >= 0.6 is 0 Å². The van der Waals surface area contributed by atoms with Crippen LogP contribution in [0.1, 0.15) is 45.1 Å². The molecule has 1 unspecified atom stereocenters. The van der Waals surface area contributed by atoms with Gasteiger partial charge in [-0.25, -0.2) is 9.87 Å². The van der Waals surface area contributed by atoms with Gasteiger partial charge in [0.05, 0.1) is 11.7 Å². The van der Waals surface area contributed by atoms with Gasteiger partial charge in [0, 0.05) is 45.2 Å². The van der Waals surface area contributed by atoms with E-state index in [0.717, 1.165) is 12.8 Å². The summed E-state index contributed by atoms with van der Waals surface area (Å²) in [6.07, 6.45) is 0.764. The molecule has 13 heteroatoms. The van der Waals surface area contributed by atoms with Crippen LogP contribution in [0.25, 0.3) is 0 Å². The normalized spacial score (nSPS) is 19.3. The van der Waals surface area contributed by atoms with E-state index < -0.39 is 23.9 Å². The quantitative estimate of drug-likeness (QED) is 0.195. The Hall–Kier alpha value is -3.26. The summed E-state index contributed by atoms with van der Waals surface area (Å²) in [5.74, 6) is -1.95. The van der Waals surface area contributed by atoms with Crippen LogP contribution in [0.15, 0.2) is 30.0 Å². The summed E-state index contributed by atoms with van der Waals surface area (Å²) in [6.45, 7) is 5.52. The number of benzene rings is 1. The highest BCUT2D eigenvalue weighted by Gasteiger charge is 2.36. The average Bonchev–Trinajstić information content (AvgIpc) is 2.89. The van der Waals surface area contributed by atoms with Gasteiger partial charge in [0.2, 0.25) is 11.8 Å². The number of nitrogens with one attached hydrogen (secondary N) is 1. The maximum Gasteiger partial charge on any atom is 0.477 e. The number of nitrogens with zero attached hydrogens (tertiary/aromatic N) is 3. The van der Waals surface area contributed by atoms with E-state index in [1.54, 1.807) is 22.2 Å². The molecule has 5 N–H and O–H groups in total. The average molecular weight is 538 g/mol. The zero-order chi connectivity index (χ0) is 27.9. The first-order chi connectivity index (χ1) is 18.0. The van der Waals surface area contributed by atoms with E-state index in [2.05, 4.69) is 4.84 Å². The van der Waals surface area contributed by atoms with Crippen molar-refractivity contribution in [2.45, 2.75) is 58.3 Å². The molecule has 38 heavy (non-hydrogen) atoms. The molecule has 1 aromatic carbocycles. The largest absolute Gasteiger partial charge is 0.477 e. The van der Waals surface area contributed by atoms with E-state index >= 15 is 0 Å². The Balaban J connectivity index is 1.71. The topological polar surface area (TPSA) is 158 Å². The fraction of sp³-hybridized carbons (Fsp3) is 0.560. The molecule has 2 saturated heterocycles. The van der Waals surface area contributed by atoms with Crippen LogP contribution in [-0.2, 0) is 25.8 Å². The van der Waals surface area contributed by atoms with Gasteiger partial charge in [0.15, 0.2) is 0 Å². The zero-order valence-corrected chi connectivity index (χ0v) is 21.7. The summed E-state index contributed by atoms with van der Waals surface area (Å²) in [6, 6.07) is 3.33. The van der Waals surface area contributed by atoms with Gasteiger partial charge < -0.3 is 30.5 Å². The third-order valence-electron chi connectivity index (χ3n) is 6.58. The molecule has 12 nitrogen and oxygen atoms in total. The summed E-state index contributed by atoms with van der Waals surface area (Å²) >= 11 is 0. The van der Waals surface area contributed by atoms with Crippen molar-refractivity contribution >= 4 is 17.7 Å². The van der Waals surface area contributed by atoms with Crippen molar-refractivity contribution < 1.29 is 38.6 Å². The van der Waals surface area contributed by atoms with Crippen LogP contribution in [0, 0.1) is 5.82 Å². The predicted molar refractivity (Wildman–Crippen MR) is 133 cm³/mol. The first-order valence-corrected chi connectivity index (χ1v) is 12.7. The van der Waals surface area contributed by atoms with Crippen LogP contribution < -0.4 is 16.0 Å². The van der Waals surface area contributed by atoms with E-state index in [1.165, 1.54) is 31.2 Å². The molecule has 2 fully saturated rings. The Bertz CT molecular complexity index is 1040. The Morgan fingerprint density at radius 2 is 1.84 bits per heavy atom. The molecule has 0 saturated carbocycles. The zero-order valence-electron chi connectivity index (χ0n) is 21.7. The molecule has 0 aliphatic carbocycles. The van der Waals surface area contributed by atoms with Crippen LogP contribution in [0.2, 0.25) is 0 Å². The molecule has 0 spiro atoms. The highest BCUT2D eigenvalue weighted by molar-refractivity contribution is 5.91. The summed E-state index contributed by atoms with van der Waals surface area (Å²) in [5.41, 5.74) is 7.10. The van der Waals surface area contributed by atoms with Gasteiger partial charge in [-0.2, -0.15) is 4.84 Å². The first kappa shape index (κ1) is 29.3. The lowest BCUT2D eigenvalue weighted by Gasteiger charge is -2.41. The van der Waals surface area contributed by atoms with Gasteiger partial charge in [0.25, 0.3) is 5.91 Å². The number of rotatable bonds is 9. The van der Waals surface area contributed by atoms with Gasteiger partial charge in [-0.3, -0.25) is 19.3 Å². The van der Waals surface area contributed by atoms with Crippen molar-refractivity contribution in [3.63, 3.8) is 0 Å². The molecule has 2 aliphatic rings. The minimum Gasteiger partial charge on any atom is -0.415 e. The van der Waals surface area contributed by atoms with Crippen molar-refractivity contribution in [3.05, 3.63) is 41.4 Å². The smallest absolute Gasteiger partial charge is 0.415 e. The first-order valence-electron chi connectivity index (χ1n) is 12.7. The molecule has 1 atom stereocenters. The molecular formula is C25H36FN5O7. The van der Waals surface area contributed by atoms with Gasteiger partial charge in [0.1, 0.15) is 11.6 Å². The van der Waals surface area contributed by atoms with Gasteiger partial charge in [-0.05, 0) is 37.9 Å². The second-order valence-electron chi connectivity index (χ2n) is 9.28. The van der Waals surface area contributed by atoms with Gasteiger partial charge in [-0.1, -0.05) is 25.5 Å². The number of likely N-dealkylation sites (tertiary alicyclic amines) is 1. The standard InChI is InChI=1S/C25H36FN5O7/c1-3-7-20(27)23(33)28-38-25(35,36)37-22-10-6-8-19(26)18(22)16-31-11-5-4-9-21(31)24(34)30-14-12-29(13-15-30)17(2)32/h6-8,10,21,35-36H,3-5,9,11-16,27H2,1-2H3,(H,28,33)/b20-7-.